The molecule has 4 aromatic rings. The molecule has 0 saturated carbocycles. The maximum absolute atomic E-state index is 12.7. The molecule has 0 fully saturated rings. The van der Waals surface area contributed by atoms with Gasteiger partial charge in [-0.3, -0.25) is 19.9 Å². The highest BCUT2D eigenvalue weighted by Crippen LogP contribution is 2.22. The first kappa shape index (κ1) is 13.5. The minimum absolute atomic E-state index is 0.142. The smallest absolute Gasteiger partial charge is 0.280 e. The normalized spacial score (nSPS) is 11.2. The van der Waals surface area contributed by atoms with Crippen LogP contribution in [0.2, 0.25) is 0 Å². The molecule has 1 N–H and O–H groups in total. The Bertz CT molecular complexity index is 1090. The number of benzene rings is 1. The average molecular weight is 306 g/mol. The van der Waals surface area contributed by atoms with Crippen LogP contribution in [0.25, 0.3) is 27.5 Å². The quantitative estimate of drug-likeness (QED) is 0.618. The van der Waals surface area contributed by atoms with E-state index in [0.717, 1.165) is 22.1 Å². The summed E-state index contributed by atoms with van der Waals surface area (Å²) >= 11 is 0. The third kappa shape index (κ3) is 2.07. The van der Waals surface area contributed by atoms with Crippen molar-refractivity contribution in [3.8, 4) is 11.4 Å². The number of rotatable bonds is 2. The zero-order valence-electron chi connectivity index (χ0n) is 12.7. The Labute approximate surface area is 131 Å². The minimum atomic E-state index is -0.142. The second-order valence-corrected chi connectivity index (χ2v) is 5.34. The Kier molecular flexibility index (Phi) is 2.90. The maximum Gasteiger partial charge on any atom is 0.280 e. The van der Waals surface area contributed by atoms with E-state index in [1.807, 2.05) is 31.2 Å². The molecule has 0 aliphatic heterocycles. The number of aromatic nitrogens is 4. The van der Waals surface area contributed by atoms with Gasteiger partial charge >= 0.3 is 0 Å². The number of aromatic amines is 1. The number of hydrogen-bond donors (Lipinski definition) is 1. The summed E-state index contributed by atoms with van der Waals surface area (Å²) in [6.45, 7) is 1.91. The number of fused-ring (bicyclic) bond motifs is 3. The van der Waals surface area contributed by atoms with Gasteiger partial charge in [0.2, 0.25) is 0 Å². The summed E-state index contributed by atoms with van der Waals surface area (Å²) in [6.07, 6.45) is 3.30. The number of aryl methyl sites for hydroxylation is 1. The predicted molar refractivity (Wildman–Crippen MR) is 88.3 cm³/mol. The van der Waals surface area contributed by atoms with Crippen molar-refractivity contribution in [3.63, 3.8) is 0 Å². The summed E-state index contributed by atoms with van der Waals surface area (Å²) in [5, 5.41) is 4.61. The molecule has 3 aromatic heterocycles. The van der Waals surface area contributed by atoms with Gasteiger partial charge in [-0.1, -0.05) is 6.07 Å². The number of hydrogen-bond acceptors (Lipinski definition) is 4. The maximum atomic E-state index is 12.7. The van der Waals surface area contributed by atoms with Crippen LogP contribution in [0.3, 0.4) is 0 Å². The van der Waals surface area contributed by atoms with Crippen molar-refractivity contribution in [2.45, 2.75) is 6.92 Å². The molecule has 0 spiro atoms. The zero-order valence-corrected chi connectivity index (χ0v) is 12.7. The third-order valence-corrected chi connectivity index (χ3v) is 3.86. The lowest BCUT2D eigenvalue weighted by atomic mass is 10.2. The fraction of sp³-hybridized carbons (Fsp3) is 0.118. The van der Waals surface area contributed by atoms with Crippen molar-refractivity contribution in [1.82, 2.24) is 19.7 Å². The molecule has 4 rings (SSSR count). The monoisotopic (exact) mass is 306 g/mol. The van der Waals surface area contributed by atoms with Crippen LogP contribution in [-0.2, 0) is 0 Å². The van der Waals surface area contributed by atoms with Crippen molar-refractivity contribution in [2.75, 3.05) is 7.11 Å². The highest BCUT2D eigenvalue weighted by molar-refractivity contribution is 6.02. The number of pyridine rings is 2. The van der Waals surface area contributed by atoms with Gasteiger partial charge in [-0.15, -0.1) is 0 Å². The highest BCUT2D eigenvalue weighted by Gasteiger charge is 2.12. The summed E-state index contributed by atoms with van der Waals surface area (Å²) in [4.78, 5) is 21.3. The molecule has 0 atom stereocenters. The summed E-state index contributed by atoms with van der Waals surface area (Å²) in [7, 11) is 1.60. The van der Waals surface area contributed by atoms with Gasteiger partial charge < -0.3 is 4.74 Å². The molecule has 0 amide bonds. The topological polar surface area (TPSA) is 72.8 Å². The molecule has 3 heterocycles. The van der Waals surface area contributed by atoms with E-state index in [0.29, 0.717) is 16.8 Å². The number of nitrogens with one attached hydrogen (secondary N) is 1. The number of nitrogens with zero attached hydrogens (tertiary/aromatic N) is 3. The Morgan fingerprint density at radius 1 is 1.13 bits per heavy atom. The average Bonchev–Trinajstić information content (AvgIpc) is 2.92. The van der Waals surface area contributed by atoms with E-state index in [1.54, 1.807) is 25.6 Å². The lowest BCUT2D eigenvalue weighted by Gasteiger charge is -2.04. The molecule has 1 aromatic carbocycles. The lowest BCUT2D eigenvalue weighted by molar-refractivity contribution is 0.414. The molecule has 6 nitrogen and oxygen atoms in total. The van der Waals surface area contributed by atoms with E-state index in [9.17, 15) is 4.79 Å². The minimum Gasteiger partial charge on any atom is -0.497 e. The van der Waals surface area contributed by atoms with E-state index < -0.39 is 0 Å². The molecule has 6 heteroatoms. The molecule has 0 aliphatic rings. The standard InChI is InChI=1S/C17H14N4O2/c1-10-6-13-15(9-18-10)19-8-14-16(13)20-21(17(14)22)11-4-3-5-12(7-11)23-2/h3-9,20H,1-2H3. The van der Waals surface area contributed by atoms with Crippen LogP contribution in [0.4, 0.5) is 0 Å². The molecule has 0 radical (unpaired) electrons. The van der Waals surface area contributed by atoms with Crippen LogP contribution >= 0.6 is 0 Å². The number of ether oxygens (including phenoxy) is 1. The Morgan fingerprint density at radius 2 is 2.00 bits per heavy atom. The lowest BCUT2D eigenvalue weighted by Crippen LogP contribution is -2.14. The number of methoxy groups -OCH3 is 1. The Hall–Kier alpha value is -3.15. The van der Waals surface area contributed by atoms with Crippen molar-refractivity contribution >= 4 is 21.8 Å². The van der Waals surface area contributed by atoms with Crippen molar-refractivity contribution in [1.29, 1.82) is 0 Å². The second kappa shape index (κ2) is 4.95. The van der Waals surface area contributed by atoms with Crippen LogP contribution in [0.1, 0.15) is 5.69 Å². The first-order valence-electron chi connectivity index (χ1n) is 7.18. The van der Waals surface area contributed by atoms with Crippen molar-refractivity contribution in [2.24, 2.45) is 0 Å². The number of H-pyrrole nitrogens is 1. The predicted octanol–water partition coefficient (Wildman–Crippen LogP) is 2.58. The van der Waals surface area contributed by atoms with E-state index in [1.165, 1.54) is 4.68 Å². The van der Waals surface area contributed by atoms with Gasteiger partial charge in [0.25, 0.3) is 5.56 Å². The summed E-state index contributed by atoms with van der Waals surface area (Å²) in [6, 6.07) is 9.26. The fourth-order valence-electron chi connectivity index (χ4n) is 2.70. The summed E-state index contributed by atoms with van der Waals surface area (Å²) in [5.74, 6) is 0.691. The first-order chi connectivity index (χ1) is 11.2. The second-order valence-electron chi connectivity index (χ2n) is 5.34. The fourth-order valence-corrected chi connectivity index (χ4v) is 2.70. The Morgan fingerprint density at radius 3 is 2.83 bits per heavy atom. The van der Waals surface area contributed by atoms with E-state index >= 15 is 0 Å². The van der Waals surface area contributed by atoms with Crippen molar-refractivity contribution < 1.29 is 4.74 Å². The van der Waals surface area contributed by atoms with Crippen LogP contribution in [0.5, 0.6) is 5.75 Å². The van der Waals surface area contributed by atoms with Crippen molar-refractivity contribution in [3.05, 3.63) is 58.8 Å². The Balaban J connectivity index is 2.05. The van der Waals surface area contributed by atoms with Gasteiger partial charge in [0, 0.05) is 23.3 Å². The van der Waals surface area contributed by atoms with E-state index in [4.69, 9.17) is 4.74 Å². The van der Waals surface area contributed by atoms with E-state index in [-0.39, 0.29) is 5.56 Å². The third-order valence-electron chi connectivity index (χ3n) is 3.86. The summed E-state index contributed by atoms with van der Waals surface area (Å²) in [5.41, 5.74) is 2.96. The van der Waals surface area contributed by atoms with Crippen LogP contribution in [0, 0.1) is 6.92 Å². The summed E-state index contributed by atoms with van der Waals surface area (Å²) < 4.78 is 6.73. The van der Waals surface area contributed by atoms with Gasteiger partial charge in [0.15, 0.2) is 0 Å². The SMILES string of the molecule is COc1cccc(-n2[nH]c3c(cnc4cnc(C)cc43)c2=O)c1. The van der Waals surface area contributed by atoms with Gasteiger partial charge in [-0.25, -0.2) is 4.68 Å². The van der Waals surface area contributed by atoms with Crippen LogP contribution < -0.4 is 10.3 Å². The highest BCUT2D eigenvalue weighted by atomic mass is 16.5. The van der Waals surface area contributed by atoms with Gasteiger partial charge in [0.05, 0.1) is 35.4 Å². The van der Waals surface area contributed by atoms with Gasteiger partial charge in [-0.2, -0.15) is 0 Å². The molecule has 23 heavy (non-hydrogen) atoms. The van der Waals surface area contributed by atoms with Crippen LogP contribution in [0.15, 0.2) is 47.5 Å². The van der Waals surface area contributed by atoms with Gasteiger partial charge in [0.1, 0.15) is 5.75 Å². The van der Waals surface area contributed by atoms with Crippen LogP contribution in [-0.4, -0.2) is 26.9 Å². The zero-order chi connectivity index (χ0) is 16.0. The molecule has 0 saturated heterocycles. The molecule has 0 aliphatic carbocycles. The first-order valence-corrected chi connectivity index (χ1v) is 7.18. The van der Waals surface area contributed by atoms with Gasteiger partial charge in [-0.05, 0) is 25.1 Å². The van der Waals surface area contributed by atoms with E-state index in [2.05, 4.69) is 15.1 Å². The molecular formula is C17H14N4O2. The molecule has 0 unspecified atom stereocenters. The molecular weight excluding hydrogens is 292 g/mol. The molecule has 114 valence electrons. The molecule has 0 bridgehead atoms. The largest absolute Gasteiger partial charge is 0.497 e.